The van der Waals surface area contributed by atoms with E-state index in [1.54, 1.807) is 18.3 Å². The molecule has 0 aliphatic carbocycles. The molecule has 156 valence electrons. The number of hydrogen-bond acceptors (Lipinski definition) is 5. The van der Waals surface area contributed by atoms with Crippen molar-refractivity contribution < 1.29 is 17.9 Å². The van der Waals surface area contributed by atoms with E-state index >= 15 is 0 Å². The van der Waals surface area contributed by atoms with E-state index in [-0.39, 0.29) is 23.7 Å². The van der Waals surface area contributed by atoms with Crippen LogP contribution in [-0.4, -0.2) is 28.1 Å². The van der Waals surface area contributed by atoms with Crippen LogP contribution in [0.4, 0.5) is 19.0 Å². The average molecular weight is 414 g/mol. The Hall–Kier alpha value is -3.00. The molecular formula is C22H21F3N4O. The molecule has 0 saturated carbocycles. The average Bonchev–Trinajstić information content (AvgIpc) is 2.78. The van der Waals surface area contributed by atoms with Crippen LogP contribution in [0.5, 0.6) is 0 Å². The second-order valence-electron chi connectivity index (χ2n) is 7.19. The van der Waals surface area contributed by atoms with Crippen molar-refractivity contribution in [3.8, 4) is 11.4 Å². The largest absolute Gasteiger partial charge is 0.433 e. The van der Waals surface area contributed by atoms with Gasteiger partial charge in [0.1, 0.15) is 5.82 Å². The molecule has 0 amide bonds. The molecule has 1 fully saturated rings. The second-order valence-corrected chi connectivity index (χ2v) is 7.19. The van der Waals surface area contributed by atoms with E-state index in [1.807, 2.05) is 30.3 Å². The molecule has 0 unspecified atom stereocenters. The second kappa shape index (κ2) is 8.79. The standard InChI is InChI=1S/C22H21F3N4O/c23-22(24,25)18-12-19(29-21(28-18)17-8-4-10-26-13-17)27-14-16-9-5-11-30-20(16)15-6-2-1-3-7-15/h1-4,6-8,10,12-13,16,20H,5,9,11,14H2,(H,27,28,29)/t16-,20+/m0/s1. The first kappa shape index (κ1) is 20.3. The third kappa shape index (κ3) is 4.76. The van der Waals surface area contributed by atoms with E-state index in [9.17, 15) is 13.2 Å². The fraction of sp³-hybridized carbons (Fsp3) is 0.318. The van der Waals surface area contributed by atoms with Crippen molar-refractivity contribution in [3.05, 3.63) is 72.2 Å². The number of aromatic nitrogens is 3. The highest BCUT2D eigenvalue weighted by Gasteiger charge is 2.34. The van der Waals surface area contributed by atoms with Crippen molar-refractivity contribution in [2.24, 2.45) is 5.92 Å². The van der Waals surface area contributed by atoms with Crippen molar-refractivity contribution >= 4 is 5.82 Å². The molecule has 2 aromatic heterocycles. The summed E-state index contributed by atoms with van der Waals surface area (Å²) in [5.74, 6) is 0.237. The number of ether oxygens (including phenoxy) is 1. The van der Waals surface area contributed by atoms with Crippen molar-refractivity contribution in [1.29, 1.82) is 0 Å². The van der Waals surface area contributed by atoms with Crippen LogP contribution in [0.2, 0.25) is 0 Å². The number of rotatable bonds is 5. The van der Waals surface area contributed by atoms with E-state index in [4.69, 9.17) is 4.74 Å². The zero-order chi connectivity index (χ0) is 21.0. The van der Waals surface area contributed by atoms with E-state index in [0.717, 1.165) is 24.5 Å². The lowest BCUT2D eigenvalue weighted by Gasteiger charge is -2.32. The maximum Gasteiger partial charge on any atom is 0.433 e. The summed E-state index contributed by atoms with van der Waals surface area (Å²) in [5, 5.41) is 3.09. The van der Waals surface area contributed by atoms with Gasteiger partial charge < -0.3 is 10.1 Å². The smallest absolute Gasteiger partial charge is 0.373 e. The van der Waals surface area contributed by atoms with Crippen molar-refractivity contribution in [1.82, 2.24) is 15.0 Å². The lowest BCUT2D eigenvalue weighted by Crippen LogP contribution is -2.28. The zero-order valence-electron chi connectivity index (χ0n) is 16.1. The van der Waals surface area contributed by atoms with E-state index in [0.29, 0.717) is 18.7 Å². The number of nitrogens with zero attached hydrogens (tertiary/aromatic N) is 3. The molecule has 5 nitrogen and oxygen atoms in total. The molecule has 30 heavy (non-hydrogen) atoms. The molecule has 8 heteroatoms. The normalized spacial score (nSPS) is 19.4. The quantitative estimate of drug-likeness (QED) is 0.627. The van der Waals surface area contributed by atoms with Gasteiger partial charge in [-0.3, -0.25) is 4.98 Å². The number of hydrogen-bond donors (Lipinski definition) is 1. The van der Waals surface area contributed by atoms with Crippen LogP contribution in [-0.2, 0) is 10.9 Å². The van der Waals surface area contributed by atoms with Crippen LogP contribution in [0.1, 0.15) is 30.2 Å². The molecule has 1 N–H and O–H groups in total. The Labute approximate surface area is 172 Å². The summed E-state index contributed by atoms with van der Waals surface area (Å²) in [7, 11) is 0. The summed E-state index contributed by atoms with van der Waals surface area (Å²) in [6.07, 6.45) is 0.140. The molecule has 1 aliphatic heterocycles. The molecule has 3 heterocycles. The predicted molar refractivity (Wildman–Crippen MR) is 107 cm³/mol. The number of pyridine rings is 1. The first-order chi connectivity index (χ1) is 14.5. The van der Waals surface area contributed by atoms with Crippen LogP contribution in [0, 0.1) is 5.92 Å². The Morgan fingerprint density at radius 2 is 1.90 bits per heavy atom. The minimum Gasteiger partial charge on any atom is -0.373 e. The topological polar surface area (TPSA) is 59.9 Å². The highest BCUT2D eigenvalue weighted by atomic mass is 19.4. The van der Waals surface area contributed by atoms with Crippen LogP contribution >= 0.6 is 0 Å². The Bertz CT molecular complexity index is 967. The maximum absolute atomic E-state index is 13.4. The molecule has 0 spiro atoms. The zero-order valence-corrected chi connectivity index (χ0v) is 16.1. The number of anilines is 1. The third-order valence-corrected chi connectivity index (χ3v) is 5.05. The van der Waals surface area contributed by atoms with Gasteiger partial charge in [0.2, 0.25) is 0 Å². The van der Waals surface area contributed by atoms with Crippen molar-refractivity contribution in [3.63, 3.8) is 0 Å². The summed E-state index contributed by atoms with van der Waals surface area (Å²) in [5.41, 5.74) is 0.506. The van der Waals surface area contributed by atoms with Crippen LogP contribution in [0.15, 0.2) is 60.9 Å². The molecule has 3 aromatic rings. The lowest BCUT2D eigenvalue weighted by molar-refractivity contribution is -0.141. The number of benzene rings is 1. The Morgan fingerprint density at radius 3 is 2.63 bits per heavy atom. The number of nitrogens with one attached hydrogen (secondary N) is 1. The van der Waals surface area contributed by atoms with Gasteiger partial charge in [-0.1, -0.05) is 30.3 Å². The summed E-state index contributed by atoms with van der Waals surface area (Å²) in [4.78, 5) is 11.9. The van der Waals surface area contributed by atoms with Gasteiger partial charge in [0.05, 0.1) is 6.10 Å². The maximum atomic E-state index is 13.4. The van der Waals surface area contributed by atoms with E-state index in [2.05, 4.69) is 20.3 Å². The summed E-state index contributed by atoms with van der Waals surface area (Å²) in [6, 6.07) is 14.1. The first-order valence-corrected chi connectivity index (χ1v) is 9.78. The minimum atomic E-state index is -4.57. The van der Waals surface area contributed by atoms with Crippen LogP contribution in [0.3, 0.4) is 0 Å². The van der Waals surface area contributed by atoms with Crippen LogP contribution in [0.25, 0.3) is 11.4 Å². The van der Waals surface area contributed by atoms with Gasteiger partial charge in [-0.15, -0.1) is 0 Å². The number of halogens is 3. The van der Waals surface area contributed by atoms with E-state index < -0.39 is 11.9 Å². The molecule has 2 atom stereocenters. The molecule has 0 bridgehead atoms. The molecule has 1 aliphatic rings. The van der Waals surface area contributed by atoms with Gasteiger partial charge in [0, 0.05) is 43.1 Å². The van der Waals surface area contributed by atoms with Gasteiger partial charge in [-0.25, -0.2) is 9.97 Å². The van der Waals surface area contributed by atoms with Gasteiger partial charge in [-0.2, -0.15) is 13.2 Å². The van der Waals surface area contributed by atoms with Crippen LogP contribution < -0.4 is 5.32 Å². The number of alkyl halides is 3. The minimum absolute atomic E-state index is 0.0140. The summed E-state index contributed by atoms with van der Waals surface area (Å²) in [6.45, 7) is 1.12. The van der Waals surface area contributed by atoms with Gasteiger partial charge in [-0.05, 0) is 30.5 Å². The lowest BCUT2D eigenvalue weighted by atomic mass is 9.89. The first-order valence-electron chi connectivity index (χ1n) is 9.78. The molecule has 1 aromatic carbocycles. The molecule has 1 saturated heterocycles. The summed E-state index contributed by atoms with van der Waals surface area (Å²) < 4.78 is 46.1. The SMILES string of the molecule is FC(F)(F)c1cc(NC[C@@H]2CCCO[C@@H]2c2ccccc2)nc(-c2cccnc2)n1. The highest BCUT2D eigenvalue weighted by molar-refractivity contribution is 5.56. The van der Waals surface area contributed by atoms with Gasteiger partial charge in [0.25, 0.3) is 0 Å². The fourth-order valence-electron chi connectivity index (χ4n) is 3.61. The fourth-order valence-corrected chi connectivity index (χ4v) is 3.61. The van der Waals surface area contributed by atoms with Gasteiger partial charge in [0.15, 0.2) is 11.5 Å². The third-order valence-electron chi connectivity index (χ3n) is 5.05. The highest BCUT2D eigenvalue weighted by Crippen LogP contribution is 2.34. The molecular weight excluding hydrogens is 393 g/mol. The molecule has 0 radical (unpaired) electrons. The Balaban J connectivity index is 1.57. The van der Waals surface area contributed by atoms with Gasteiger partial charge >= 0.3 is 6.18 Å². The Kier molecular flexibility index (Phi) is 5.94. The predicted octanol–water partition coefficient (Wildman–Crippen LogP) is 5.14. The van der Waals surface area contributed by atoms with Crippen molar-refractivity contribution in [2.45, 2.75) is 25.1 Å². The molecule has 4 rings (SSSR count). The van der Waals surface area contributed by atoms with Crippen molar-refractivity contribution in [2.75, 3.05) is 18.5 Å². The Morgan fingerprint density at radius 1 is 1.07 bits per heavy atom. The van der Waals surface area contributed by atoms with E-state index in [1.165, 1.54) is 6.20 Å². The summed E-state index contributed by atoms with van der Waals surface area (Å²) >= 11 is 0. The monoisotopic (exact) mass is 414 g/mol.